The number of hydrogen-bond donors (Lipinski definition) is 1. The maximum absolute atomic E-state index is 11.7. The molecule has 1 N–H and O–H groups in total. The van der Waals surface area contributed by atoms with Crippen LogP contribution in [0.4, 0.5) is 0 Å². The van der Waals surface area contributed by atoms with Crippen LogP contribution in [0.25, 0.3) is 0 Å². The molecular formula is C13H12N2O2S. The van der Waals surface area contributed by atoms with Gasteiger partial charge in [0.25, 0.3) is 0 Å². The van der Waals surface area contributed by atoms with Crippen LogP contribution in [0.5, 0.6) is 0 Å². The lowest BCUT2D eigenvalue weighted by molar-refractivity contribution is -0.120. The molecule has 1 atom stereocenters. The SMILES string of the molecule is C=CCSC1=C(C#N)[C@H](c2ccco2)CC(=O)N1. The summed E-state index contributed by atoms with van der Waals surface area (Å²) < 4.78 is 5.31. The zero-order valence-electron chi connectivity index (χ0n) is 9.68. The molecule has 0 spiro atoms. The summed E-state index contributed by atoms with van der Waals surface area (Å²) in [6, 6.07) is 5.72. The van der Waals surface area contributed by atoms with E-state index in [2.05, 4.69) is 18.0 Å². The number of allylic oxidation sites excluding steroid dienone is 1. The number of rotatable bonds is 4. The third-order valence-electron chi connectivity index (χ3n) is 2.59. The van der Waals surface area contributed by atoms with Gasteiger partial charge in [0.1, 0.15) is 5.76 Å². The van der Waals surface area contributed by atoms with Gasteiger partial charge in [-0.3, -0.25) is 4.79 Å². The summed E-state index contributed by atoms with van der Waals surface area (Å²) in [5, 5.41) is 12.6. The highest BCUT2D eigenvalue weighted by atomic mass is 32.2. The second kappa shape index (κ2) is 5.61. The third-order valence-corrected chi connectivity index (χ3v) is 3.60. The molecule has 0 fully saturated rings. The molecule has 2 rings (SSSR count). The molecule has 4 nitrogen and oxygen atoms in total. The highest BCUT2D eigenvalue weighted by Gasteiger charge is 2.30. The lowest BCUT2D eigenvalue weighted by atomic mass is 9.92. The van der Waals surface area contributed by atoms with Crippen molar-refractivity contribution in [1.82, 2.24) is 5.32 Å². The molecule has 92 valence electrons. The van der Waals surface area contributed by atoms with E-state index in [0.717, 1.165) is 0 Å². The molecule has 0 bridgehead atoms. The molecule has 0 unspecified atom stereocenters. The fraction of sp³-hybridized carbons (Fsp3) is 0.231. The van der Waals surface area contributed by atoms with Crippen LogP contribution in [-0.4, -0.2) is 11.7 Å². The maximum atomic E-state index is 11.7. The highest BCUT2D eigenvalue weighted by molar-refractivity contribution is 8.03. The Labute approximate surface area is 109 Å². The molecule has 0 saturated heterocycles. The summed E-state index contributed by atoms with van der Waals surface area (Å²) in [4.78, 5) is 11.7. The fourth-order valence-corrected chi connectivity index (χ4v) is 2.62. The predicted octanol–water partition coefficient (Wildman–Crippen LogP) is 2.54. The molecule has 1 aromatic rings. The van der Waals surface area contributed by atoms with Crippen molar-refractivity contribution < 1.29 is 9.21 Å². The number of nitrogens with zero attached hydrogens (tertiary/aromatic N) is 1. The summed E-state index contributed by atoms with van der Waals surface area (Å²) in [5.74, 6) is 0.914. The van der Waals surface area contributed by atoms with Crippen LogP contribution in [0.3, 0.4) is 0 Å². The number of thioether (sulfide) groups is 1. The second-order valence-electron chi connectivity index (χ2n) is 3.77. The molecule has 1 aliphatic heterocycles. The number of furan rings is 1. The van der Waals surface area contributed by atoms with Gasteiger partial charge < -0.3 is 9.73 Å². The van der Waals surface area contributed by atoms with E-state index in [4.69, 9.17) is 4.42 Å². The Hall–Kier alpha value is -1.93. The van der Waals surface area contributed by atoms with Gasteiger partial charge in [-0.15, -0.1) is 18.3 Å². The van der Waals surface area contributed by atoms with Gasteiger partial charge in [-0.2, -0.15) is 5.26 Å². The van der Waals surface area contributed by atoms with Crippen LogP contribution in [0.1, 0.15) is 18.1 Å². The Balaban J connectivity index is 2.36. The summed E-state index contributed by atoms with van der Waals surface area (Å²) in [6.45, 7) is 3.63. The molecule has 1 aromatic heterocycles. The quantitative estimate of drug-likeness (QED) is 0.845. The molecule has 0 radical (unpaired) electrons. The Bertz CT molecular complexity index is 526. The van der Waals surface area contributed by atoms with E-state index in [0.29, 0.717) is 22.1 Å². The first-order valence-electron chi connectivity index (χ1n) is 5.47. The monoisotopic (exact) mass is 260 g/mol. The first-order chi connectivity index (χ1) is 8.76. The number of carbonyl (C=O) groups is 1. The van der Waals surface area contributed by atoms with Gasteiger partial charge in [0.2, 0.25) is 5.91 Å². The van der Waals surface area contributed by atoms with Crippen LogP contribution >= 0.6 is 11.8 Å². The minimum atomic E-state index is -0.286. The summed E-state index contributed by atoms with van der Waals surface area (Å²) in [7, 11) is 0. The molecule has 1 amide bonds. The van der Waals surface area contributed by atoms with Gasteiger partial charge in [0, 0.05) is 12.2 Å². The summed E-state index contributed by atoms with van der Waals surface area (Å²) >= 11 is 1.40. The molecule has 2 heterocycles. The van der Waals surface area contributed by atoms with Gasteiger partial charge in [-0.25, -0.2) is 0 Å². The van der Waals surface area contributed by atoms with Crippen molar-refractivity contribution in [3.8, 4) is 6.07 Å². The van der Waals surface area contributed by atoms with E-state index in [-0.39, 0.29) is 18.2 Å². The van der Waals surface area contributed by atoms with Crippen LogP contribution in [-0.2, 0) is 4.79 Å². The van der Waals surface area contributed by atoms with Crippen molar-refractivity contribution in [2.45, 2.75) is 12.3 Å². The first kappa shape index (κ1) is 12.5. The zero-order chi connectivity index (χ0) is 13.0. The largest absolute Gasteiger partial charge is 0.469 e. The fourth-order valence-electron chi connectivity index (χ4n) is 1.81. The van der Waals surface area contributed by atoms with Crippen LogP contribution < -0.4 is 5.32 Å². The minimum absolute atomic E-state index is 0.0954. The topological polar surface area (TPSA) is 66.0 Å². The van der Waals surface area contributed by atoms with Crippen LogP contribution in [0, 0.1) is 11.3 Å². The normalized spacial score (nSPS) is 19.3. The Morgan fingerprint density at radius 2 is 2.56 bits per heavy atom. The van der Waals surface area contributed by atoms with Gasteiger partial charge >= 0.3 is 0 Å². The zero-order valence-corrected chi connectivity index (χ0v) is 10.5. The standard InChI is InChI=1S/C13H12N2O2S/c1-2-6-18-13-10(8-14)9(7-12(16)15-13)11-4-3-5-17-11/h2-5,9H,1,6-7H2,(H,15,16)/t9-/m1/s1. The van der Waals surface area contributed by atoms with Crippen molar-refractivity contribution in [2.24, 2.45) is 0 Å². The Morgan fingerprint density at radius 1 is 1.72 bits per heavy atom. The van der Waals surface area contributed by atoms with Crippen LogP contribution in [0.15, 0.2) is 46.1 Å². The number of hydrogen-bond acceptors (Lipinski definition) is 4. The molecular weight excluding hydrogens is 248 g/mol. The van der Waals surface area contributed by atoms with E-state index >= 15 is 0 Å². The summed E-state index contributed by atoms with van der Waals surface area (Å²) in [6.07, 6.45) is 3.53. The molecule has 0 aliphatic carbocycles. The number of nitrogens with one attached hydrogen (secondary N) is 1. The molecule has 0 aromatic carbocycles. The third kappa shape index (κ3) is 2.49. The number of nitriles is 1. The van der Waals surface area contributed by atoms with Gasteiger partial charge in [0.15, 0.2) is 0 Å². The minimum Gasteiger partial charge on any atom is -0.469 e. The van der Waals surface area contributed by atoms with Crippen molar-refractivity contribution in [3.63, 3.8) is 0 Å². The smallest absolute Gasteiger partial charge is 0.225 e. The van der Waals surface area contributed by atoms with Crippen LogP contribution in [0.2, 0.25) is 0 Å². The number of amides is 1. The van der Waals surface area contributed by atoms with Gasteiger partial charge in [-0.1, -0.05) is 6.08 Å². The van der Waals surface area contributed by atoms with E-state index < -0.39 is 0 Å². The maximum Gasteiger partial charge on any atom is 0.225 e. The average Bonchev–Trinajstić information content (AvgIpc) is 2.89. The predicted molar refractivity (Wildman–Crippen MR) is 69.5 cm³/mol. The van der Waals surface area contributed by atoms with E-state index in [1.165, 1.54) is 11.8 Å². The Kier molecular flexibility index (Phi) is 3.90. The molecule has 0 saturated carbocycles. The van der Waals surface area contributed by atoms with E-state index in [1.54, 1.807) is 24.5 Å². The lowest BCUT2D eigenvalue weighted by Gasteiger charge is -2.22. The van der Waals surface area contributed by atoms with E-state index in [1.807, 2.05) is 0 Å². The van der Waals surface area contributed by atoms with Crippen molar-refractivity contribution in [1.29, 1.82) is 5.26 Å². The highest BCUT2D eigenvalue weighted by Crippen LogP contribution is 2.35. The Morgan fingerprint density at radius 3 is 3.17 bits per heavy atom. The van der Waals surface area contributed by atoms with Crippen molar-refractivity contribution in [2.75, 3.05) is 5.75 Å². The average molecular weight is 260 g/mol. The van der Waals surface area contributed by atoms with Crippen molar-refractivity contribution in [3.05, 3.63) is 47.4 Å². The second-order valence-corrected chi connectivity index (χ2v) is 4.80. The summed E-state index contributed by atoms with van der Waals surface area (Å²) in [5.41, 5.74) is 0.552. The molecule has 18 heavy (non-hydrogen) atoms. The van der Waals surface area contributed by atoms with Crippen molar-refractivity contribution >= 4 is 17.7 Å². The molecule has 1 aliphatic rings. The number of carbonyl (C=O) groups excluding carboxylic acids is 1. The first-order valence-corrected chi connectivity index (χ1v) is 6.46. The lowest BCUT2D eigenvalue weighted by Crippen LogP contribution is -2.30. The van der Waals surface area contributed by atoms with Gasteiger partial charge in [-0.05, 0) is 12.1 Å². The van der Waals surface area contributed by atoms with Gasteiger partial charge in [0.05, 0.1) is 28.9 Å². The molecule has 5 heteroatoms. The van der Waals surface area contributed by atoms with E-state index in [9.17, 15) is 10.1 Å².